The quantitative estimate of drug-likeness (QED) is 0.903. The summed E-state index contributed by atoms with van der Waals surface area (Å²) in [5.41, 5.74) is 1.78. The average molecular weight is 246 g/mol. The van der Waals surface area contributed by atoms with Gasteiger partial charge in [0.05, 0.1) is 12.5 Å². The summed E-state index contributed by atoms with van der Waals surface area (Å²) in [7, 11) is 1.66. The lowest BCUT2D eigenvalue weighted by Gasteiger charge is -2.21. The Balaban J connectivity index is 2.07. The molecule has 2 aromatic rings. The maximum Gasteiger partial charge on any atom is 0.203 e. The number of nitrogens with one attached hydrogen (secondary N) is 1. The summed E-state index contributed by atoms with van der Waals surface area (Å²) in [4.78, 5) is 4.65. The molecule has 4 nitrogen and oxygen atoms in total. The molecule has 96 valence electrons. The summed E-state index contributed by atoms with van der Waals surface area (Å²) < 4.78 is 11.2. The van der Waals surface area contributed by atoms with Gasteiger partial charge in [-0.15, -0.1) is 0 Å². The molecular weight excluding hydrogens is 228 g/mol. The largest absolute Gasteiger partial charge is 0.497 e. The Bertz CT molecular complexity index is 556. The van der Waals surface area contributed by atoms with Gasteiger partial charge in [-0.3, -0.25) is 0 Å². The Hall–Kier alpha value is -1.55. The van der Waals surface area contributed by atoms with Crippen LogP contribution >= 0.6 is 0 Å². The summed E-state index contributed by atoms with van der Waals surface area (Å²) in [6.07, 6.45) is 2.14. The third-order valence-corrected chi connectivity index (χ3v) is 3.97. The normalized spacial score (nSPS) is 23.7. The highest BCUT2D eigenvalue weighted by Crippen LogP contribution is 2.35. The van der Waals surface area contributed by atoms with Crippen molar-refractivity contribution in [1.82, 2.24) is 10.3 Å². The maximum absolute atomic E-state index is 5.96. The minimum absolute atomic E-state index is 0.0618. The molecule has 4 heteroatoms. The predicted octanol–water partition coefficient (Wildman–Crippen LogP) is 2.48. The fourth-order valence-corrected chi connectivity index (χ4v) is 2.64. The summed E-state index contributed by atoms with van der Waals surface area (Å²) >= 11 is 0. The van der Waals surface area contributed by atoms with Crippen LogP contribution in [0.3, 0.4) is 0 Å². The molecule has 0 radical (unpaired) electrons. The minimum Gasteiger partial charge on any atom is -0.497 e. The van der Waals surface area contributed by atoms with E-state index in [4.69, 9.17) is 9.15 Å². The van der Waals surface area contributed by atoms with Crippen LogP contribution in [0.5, 0.6) is 5.75 Å². The van der Waals surface area contributed by atoms with Crippen LogP contribution in [0.2, 0.25) is 0 Å². The van der Waals surface area contributed by atoms with Crippen LogP contribution in [0.25, 0.3) is 11.1 Å². The second-order valence-electron chi connectivity index (χ2n) is 4.91. The van der Waals surface area contributed by atoms with Gasteiger partial charge in [-0.2, -0.15) is 0 Å². The Morgan fingerprint density at radius 2 is 2.39 bits per heavy atom. The lowest BCUT2D eigenvalue weighted by molar-refractivity contribution is 0.344. The molecule has 2 heterocycles. The number of aromatic nitrogens is 1. The van der Waals surface area contributed by atoms with Crippen LogP contribution in [0.1, 0.15) is 25.7 Å². The summed E-state index contributed by atoms with van der Waals surface area (Å²) in [6.45, 7) is 4.19. The molecule has 1 aliphatic heterocycles. The van der Waals surface area contributed by atoms with E-state index in [1.807, 2.05) is 18.2 Å². The molecule has 3 rings (SSSR count). The van der Waals surface area contributed by atoms with E-state index >= 15 is 0 Å². The van der Waals surface area contributed by atoms with Gasteiger partial charge in [0, 0.05) is 12.6 Å². The minimum atomic E-state index is 0.0618. The number of benzene rings is 1. The first-order valence-corrected chi connectivity index (χ1v) is 6.43. The fourth-order valence-electron chi connectivity index (χ4n) is 2.64. The fraction of sp³-hybridized carbons (Fsp3) is 0.500. The van der Waals surface area contributed by atoms with Gasteiger partial charge in [-0.25, -0.2) is 4.98 Å². The highest BCUT2D eigenvalue weighted by Gasteiger charge is 2.38. The van der Waals surface area contributed by atoms with Gasteiger partial charge >= 0.3 is 0 Å². The molecule has 1 aromatic heterocycles. The molecule has 1 atom stereocenters. The van der Waals surface area contributed by atoms with Crippen LogP contribution in [0, 0.1) is 0 Å². The van der Waals surface area contributed by atoms with Crippen molar-refractivity contribution in [3.63, 3.8) is 0 Å². The van der Waals surface area contributed by atoms with Crippen LogP contribution < -0.4 is 10.1 Å². The Labute approximate surface area is 106 Å². The van der Waals surface area contributed by atoms with Gasteiger partial charge in [0.15, 0.2) is 5.58 Å². The smallest absolute Gasteiger partial charge is 0.203 e. The zero-order chi connectivity index (χ0) is 12.6. The van der Waals surface area contributed by atoms with E-state index in [-0.39, 0.29) is 5.41 Å². The third-order valence-electron chi connectivity index (χ3n) is 3.97. The van der Waals surface area contributed by atoms with E-state index in [1.54, 1.807) is 7.11 Å². The van der Waals surface area contributed by atoms with Crippen molar-refractivity contribution in [3.05, 3.63) is 24.1 Å². The Morgan fingerprint density at radius 3 is 3.06 bits per heavy atom. The van der Waals surface area contributed by atoms with Crippen molar-refractivity contribution in [2.24, 2.45) is 0 Å². The molecule has 0 saturated carbocycles. The molecule has 0 amide bonds. The van der Waals surface area contributed by atoms with Gasteiger partial charge < -0.3 is 14.5 Å². The lowest BCUT2D eigenvalue weighted by atomic mass is 9.84. The molecule has 1 fully saturated rings. The molecule has 1 unspecified atom stereocenters. The standard InChI is InChI=1S/C14H18N2O2/c1-3-14(6-7-15-9-14)13-16-11-5-4-10(17-2)8-12(11)18-13/h4-5,8,15H,3,6-7,9H2,1-2H3. The van der Waals surface area contributed by atoms with Crippen molar-refractivity contribution in [2.45, 2.75) is 25.2 Å². The number of rotatable bonds is 3. The van der Waals surface area contributed by atoms with Crippen molar-refractivity contribution < 1.29 is 9.15 Å². The molecule has 1 N–H and O–H groups in total. The molecular formula is C14H18N2O2. The van der Waals surface area contributed by atoms with E-state index in [2.05, 4.69) is 17.2 Å². The van der Waals surface area contributed by atoms with Crippen LogP contribution in [0.4, 0.5) is 0 Å². The van der Waals surface area contributed by atoms with E-state index in [1.165, 1.54) is 0 Å². The Morgan fingerprint density at radius 1 is 1.50 bits per heavy atom. The summed E-state index contributed by atoms with van der Waals surface area (Å²) in [6, 6.07) is 5.77. The van der Waals surface area contributed by atoms with E-state index in [0.29, 0.717) is 0 Å². The van der Waals surface area contributed by atoms with Gasteiger partial charge in [0.2, 0.25) is 5.89 Å². The zero-order valence-corrected chi connectivity index (χ0v) is 10.8. The second-order valence-corrected chi connectivity index (χ2v) is 4.91. The van der Waals surface area contributed by atoms with Crippen LogP contribution in [0.15, 0.2) is 22.6 Å². The molecule has 0 aliphatic carbocycles. The number of ether oxygens (including phenoxy) is 1. The number of hydrogen-bond acceptors (Lipinski definition) is 4. The molecule has 0 spiro atoms. The van der Waals surface area contributed by atoms with Crippen LogP contribution in [-0.4, -0.2) is 25.2 Å². The van der Waals surface area contributed by atoms with Gasteiger partial charge in [-0.05, 0) is 31.5 Å². The maximum atomic E-state index is 5.96. The van der Waals surface area contributed by atoms with Crippen molar-refractivity contribution in [2.75, 3.05) is 20.2 Å². The topological polar surface area (TPSA) is 47.3 Å². The summed E-state index contributed by atoms with van der Waals surface area (Å²) in [5, 5.41) is 3.40. The number of fused-ring (bicyclic) bond motifs is 1. The van der Waals surface area contributed by atoms with E-state index in [9.17, 15) is 0 Å². The van der Waals surface area contributed by atoms with Gasteiger partial charge in [-0.1, -0.05) is 6.92 Å². The average Bonchev–Trinajstić information content (AvgIpc) is 3.04. The van der Waals surface area contributed by atoms with Crippen molar-refractivity contribution >= 4 is 11.1 Å². The zero-order valence-electron chi connectivity index (χ0n) is 10.8. The van der Waals surface area contributed by atoms with Crippen LogP contribution in [-0.2, 0) is 5.41 Å². The third kappa shape index (κ3) is 1.68. The molecule has 0 bridgehead atoms. The highest BCUT2D eigenvalue weighted by atomic mass is 16.5. The summed E-state index contributed by atoms with van der Waals surface area (Å²) in [5.74, 6) is 1.67. The molecule has 1 aliphatic rings. The number of oxazole rings is 1. The monoisotopic (exact) mass is 246 g/mol. The highest BCUT2D eigenvalue weighted by molar-refractivity contribution is 5.74. The van der Waals surface area contributed by atoms with Crippen molar-refractivity contribution in [3.8, 4) is 5.75 Å². The SMILES string of the molecule is CCC1(c2nc3ccc(OC)cc3o2)CCNC1. The first-order chi connectivity index (χ1) is 8.77. The van der Waals surface area contributed by atoms with Gasteiger partial charge in [0.25, 0.3) is 0 Å². The number of hydrogen-bond donors (Lipinski definition) is 1. The Kier molecular flexibility index (Phi) is 2.74. The predicted molar refractivity (Wildman–Crippen MR) is 70.0 cm³/mol. The molecule has 1 saturated heterocycles. The molecule has 18 heavy (non-hydrogen) atoms. The van der Waals surface area contributed by atoms with Gasteiger partial charge in [0.1, 0.15) is 11.3 Å². The number of nitrogens with zero attached hydrogens (tertiary/aromatic N) is 1. The number of methoxy groups -OCH3 is 1. The van der Waals surface area contributed by atoms with Crippen molar-refractivity contribution in [1.29, 1.82) is 0 Å². The lowest BCUT2D eigenvalue weighted by Crippen LogP contribution is -2.28. The van der Waals surface area contributed by atoms with E-state index < -0.39 is 0 Å². The first-order valence-electron chi connectivity index (χ1n) is 6.43. The molecule has 1 aromatic carbocycles. The van der Waals surface area contributed by atoms with E-state index in [0.717, 1.165) is 48.7 Å². The first kappa shape index (κ1) is 11.5. The second kappa shape index (κ2) is 4.28.